The largest absolute Gasteiger partial charge is 0.457 e. The zero-order chi connectivity index (χ0) is 34.6. The first-order valence-corrected chi connectivity index (χ1v) is 16.7. The number of hydrogen-bond donors (Lipinski definition) is 3. The molecule has 251 valence electrons. The van der Waals surface area contributed by atoms with Gasteiger partial charge in [-0.3, -0.25) is 4.57 Å². The number of ether oxygens (including phenoxy) is 2. The van der Waals surface area contributed by atoms with Crippen LogP contribution in [0, 0.1) is 11.3 Å². The van der Waals surface area contributed by atoms with Gasteiger partial charge in [0, 0.05) is 5.02 Å². The van der Waals surface area contributed by atoms with Crippen LogP contribution in [0.15, 0.2) is 42.5 Å². The maximum Gasteiger partial charge on any atom is 0.416 e. The summed E-state index contributed by atoms with van der Waals surface area (Å²) in [5.41, 5.74) is -2.90. The Morgan fingerprint density at radius 2 is 1.62 bits per heavy atom. The minimum absolute atomic E-state index is 0.00578. The van der Waals surface area contributed by atoms with Crippen LogP contribution >= 0.6 is 19.2 Å². The number of alkyl halides is 3. The van der Waals surface area contributed by atoms with E-state index in [0.717, 1.165) is 12.1 Å². The Balaban J connectivity index is 2.42. The van der Waals surface area contributed by atoms with Crippen LogP contribution in [0.1, 0.15) is 79.4 Å². The van der Waals surface area contributed by atoms with E-state index in [0.29, 0.717) is 23.4 Å². The molecule has 0 bridgehead atoms. The van der Waals surface area contributed by atoms with E-state index in [-0.39, 0.29) is 24.5 Å². The van der Waals surface area contributed by atoms with Gasteiger partial charge in [-0.15, -0.1) is 0 Å². The van der Waals surface area contributed by atoms with E-state index in [1.54, 1.807) is 39.8 Å². The van der Waals surface area contributed by atoms with Gasteiger partial charge in [0.05, 0.1) is 22.9 Å². The first-order valence-electron chi connectivity index (χ1n) is 14.4. The third kappa shape index (κ3) is 9.95. The highest BCUT2D eigenvalue weighted by atomic mass is 35.5. The quantitative estimate of drug-likeness (QED) is 0.151. The van der Waals surface area contributed by atoms with Crippen LogP contribution in [0.2, 0.25) is 5.02 Å². The molecule has 0 saturated heterocycles. The fraction of sp³-hybridized carbons (Fsp3) is 0.581. The maximum absolute atomic E-state index is 13.2. The molecule has 0 saturated carbocycles. The third-order valence-corrected chi connectivity index (χ3v) is 10.5. The second-order valence-corrected chi connectivity index (χ2v) is 16.3. The van der Waals surface area contributed by atoms with Gasteiger partial charge in [0.2, 0.25) is 10.5 Å². The molecule has 1 amide bonds. The number of carbonyl (C=O) groups excluding carboxylic acids is 1. The predicted octanol–water partition coefficient (Wildman–Crippen LogP) is 8.46. The number of alkyl carbamates (subject to hydrolysis) is 1. The van der Waals surface area contributed by atoms with Crippen LogP contribution in [-0.2, 0) is 26.3 Å². The van der Waals surface area contributed by atoms with Crippen molar-refractivity contribution >= 4 is 35.8 Å². The molecule has 3 unspecified atom stereocenters. The lowest BCUT2D eigenvalue weighted by Crippen LogP contribution is -2.66. The van der Waals surface area contributed by atoms with Crippen LogP contribution in [0.3, 0.4) is 0 Å². The number of aryl methyl sites for hydroxylation is 1. The molecule has 0 aliphatic rings. The Morgan fingerprint density at radius 3 is 2.11 bits per heavy atom. The second-order valence-electron chi connectivity index (χ2n) is 13.5. The molecule has 3 radical (unpaired) electrons. The average Bonchev–Trinajstić information content (AvgIpc) is 2.86. The summed E-state index contributed by atoms with van der Waals surface area (Å²) >= 11 is 6.56. The van der Waals surface area contributed by atoms with Crippen LogP contribution in [0.25, 0.3) is 0 Å². The van der Waals surface area contributed by atoms with E-state index >= 15 is 0 Å². The minimum Gasteiger partial charge on any atom is -0.457 e. The minimum atomic E-state index is -4.80. The molecule has 0 spiro atoms. The van der Waals surface area contributed by atoms with E-state index in [2.05, 4.69) is 15.8 Å². The van der Waals surface area contributed by atoms with Crippen molar-refractivity contribution in [2.24, 2.45) is 11.3 Å². The van der Waals surface area contributed by atoms with Crippen molar-refractivity contribution in [1.29, 1.82) is 0 Å². The predicted molar refractivity (Wildman–Crippen MR) is 169 cm³/mol. The summed E-state index contributed by atoms with van der Waals surface area (Å²) in [4.78, 5) is 34.2. The van der Waals surface area contributed by atoms with Gasteiger partial charge in [0.15, 0.2) is 0 Å². The van der Waals surface area contributed by atoms with Crippen molar-refractivity contribution in [3.8, 4) is 11.5 Å². The first-order chi connectivity index (χ1) is 20.4. The van der Waals surface area contributed by atoms with E-state index < -0.39 is 53.1 Å². The van der Waals surface area contributed by atoms with Gasteiger partial charge in [-0.2, -0.15) is 13.2 Å². The van der Waals surface area contributed by atoms with Gasteiger partial charge >= 0.3 is 19.9 Å². The van der Waals surface area contributed by atoms with Crippen LogP contribution in [-0.4, -0.2) is 49.3 Å². The normalized spacial score (nSPS) is 16.3. The number of carbonyl (C=O) groups is 1. The Hall–Kier alpha value is -2.08. The molecule has 0 aliphatic carbocycles. The molecule has 3 N–H and O–H groups in total. The van der Waals surface area contributed by atoms with Crippen molar-refractivity contribution in [1.82, 2.24) is 5.32 Å². The van der Waals surface area contributed by atoms with Crippen molar-refractivity contribution < 1.29 is 46.2 Å². The van der Waals surface area contributed by atoms with Gasteiger partial charge in [-0.05, 0) is 94.2 Å². The molecule has 8 nitrogen and oxygen atoms in total. The average molecular weight is 693 g/mol. The van der Waals surface area contributed by atoms with E-state index in [4.69, 9.17) is 25.5 Å². The van der Waals surface area contributed by atoms with E-state index in [9.17, 15) is 32.3 Å². The smallest absolute Gasteiger partial charge is 0.416 e. The van der Waals surface area contributed by atoms with Crippen molar-refractivity contribution in [2.45, 2.75) is 97.1 Å². The highest BCUT2D eigenvalue weighted by molar-refractivity contribution is 7.53. The summed E-state index contributed by atoms with van der Waals surface area (Å²) in [6.45, 7) is 13.5. The molecule has 0 fully saturated rings. The molecular weight excluding hydrogens is 650 g/mol. The summed E-state index contributed by atoms with van der Waals surface area (Å²) in [6.07, 6.45) is -4.14. The second kappa shape index (κ2) is 14.4. The van der Waals surface area contributed by atoms with Gasteiger partial charge in [0.25, 0.3) is 0 Å². The van der Waals surface area contributed by atoms with Gasteiger partial charge in [0.1, 0.15) is 17.1 Å². The number of halogens is 4. The summed E-state index contributed by atoms with van der Waals surface area (Å²) in [5.74, 6) is -0.584. The van der Waals surface area contributed by atoms with Crippen molar-refractivity contribution in [3.63, 3.8) is 0 Å². The maximum atomic E-state index is 13.2. The van der Waals surface area contributed by atoms with Crippen LogP contribution < -0.4 is 10.1 Å². The summed E-state index contributed by atoms with van der Waals surface area (Å²) in [5, 5.41) is 1.62. The first kappa shape index (κ1) is 39.1. The van der Waals surface area contributed by atoms with E-state index in [1.165, 1.54) is 25.1 Å². The van der Waals surface area contributed by atoms with Gasteiger partial charge in [-0.1, -0.05) is 51.4 Å². The molecule has 14 heteroatoms. The molecule has 0 heterocycles. The lowest BCUT2D eigenvalue weighted by Gasteiger charge is -2.54. The molecule has 2 rings (SSSR count). The standard InChI is InChI=1S/C31H43ClF3NO7PSi/c1-20(29(8,19-41-45)44(38,39)40)30(27(2,3)4,36-26(37)43-28(5,6)7)16-10-11-21-14-15-24(18-25(21)32)42-23-13-9-12-22(17-23)31(33,34)35/h9,12-15,17-18,20H,10-11,16,19H2,1-8H3,(H,36,37)(H2,38,39,40). The fourth-order valence-corrected chi connectivity index (χ4v) is 7.09. The monoisotopic (exact) mass is 692 g/mol. The zero-order valence-electron chi connectivity index (χ0n) is 26.8. The number of benzene rings is 2. The van der Waals surface area contributed by atoms with Crippen LogP contribution in [0.5, 0.6) is 11.5 Å². The van der Waals surface area contributed by atoms with Crippen molar-refractivity contribution in [2.75, 3.05) is 6.61 Å². The summed E-state index contributed by atoms with van der Waals surface area (Å²) < 4.78 is 68.5. The van der Waals surface area contributed by atoms with Gasteiger partial charge in [-0.25, -0.2) is 4.79 Å². The Bertz CT molecular complexity index is 1380. The number of amides is 1. The molecule has 45 heavy (non-hydrogen) atoms. The van der Waals surface area contributed by atoms with Crippen LogP contribution in [0.4, 0.5) is 18.0 Å². The molecule has 2 aromatic rings. The molecular formula is C31H43ClF3NO7PSi. The molecule has 0 aromatic heterocycles. The Morgan fingerprint density at radius 1 is 1.02 bits per heavy atom. The number of hydrogen-bond acceptors (Lipinski definition) is 5. The number of rotatable bonds is 12. The third-order valence-electron chi connectivity index (χ3n) is 8.20. The molecule has 0 aliphatic heterocycles. The molecule has 3 atom stereocenters. The Labute approximate surface area is 272 Å². The van der Waals surface area contributed by atoms with Crippen molar-refractivity contribution in [3.05, 3.63) is 58.6 Å². The summed E-state index contributed by atoms with van der Waals surface area (Å²) in [7, 11) is -1.89. The fourth-order valence-electron chi connectivity index (χ4n) is 5.45. The lowest BCUT2D eigenvalue weighted by atomic mass is 9.61. The molecule has 2 aromatic carbocycles. The highest BCUT2D eigenvalue weighted by Gasteiger charge is 2.59. The SMILES string of the molecule is CC(C(CCCc1ccc(Oc2cccc(C(F)(F)F)c2)cc1Cl)(NC(=O)OC(C)(C)C)C(C)(C)C)C(C)(CO[Si])P(=O)(O)O. The summed E-state index contributed by atoms with van der Waals surface area (Å²) in [6, 6.07) is 9.32. The van der Waals surface area contributed by atoms with Gasteiger partial charge < -0.3 is 29.0 Å². The number of nitrogens with one attached hydrogen (secondary N) is 1. The topological polar surface area (TPSA) is 114 Å². The zero-order valence-corrected chi connectivity index (χ0v) is 29.5. The van der Waals surface area contributed by atoms with E-state index in [1.807, 2.05) is 20.8 Å². The highest BCUT2D eigenvalue weighted by Crippen LogP contribution is 2.59. The Kier molecular flexibility index (Phi) is 12.5. The lowest BCUT2D eigenvalue weighted by molar-refractivity contribution is -0.137.